The van der Waals surface area contributed by atoms with Crippen molar-refractivity contribution < 1.29 is 19.0 Å². The third-order valence-corrected chi connectivity index (χ3v) is 3.22. The third-order valence-electron chi connectivity index (χ3n) is 3.22. The Morgan fingerprint density at radius 2 is 1.68 bits per heavy atom. The minimum atomic E-state index is 0.0220. The Morgan fingerprint density at radius 1 is 1.00 bits per heavy atom. The highest BCUT2D eigenvalue weighted by molar-refractivity contribution is 5.94. The summed E-state index contributed by atoms with van der Waals surface area (Å²) in [5, 5.41) is 0. The second kappa shape index (κ2) is 7.50. The quantitative estimate of drug-likeness (QED) is 0.728. The summed E-state index contributed by atoms with van der Waals surface area (Å²) < 4.78 is 16.5. The van der Waals surface area contributed by atoms with Crippen LogP contribution in [0.4, 0.5) is 0 Å². The van der Waals surface area contributed by atoms with Crippen molar-refractivity contribution in [2.45, 2.75) is 20.5 Å². The van der Waals surface area contributed by atoms with Gasteiger partial charge < -0.3 is 14.2 Å². The molecule has 0 aliphatic rings. The van der Waals surface area contributed by atoms with E-state index in [-0.39, 0.29) is 5.78 Å². The molecule has 0 radical (unpaired) electrons. The van der Waals surface area contributed by atoms with Gasteiger partial charge >= 0.3 is 0 Å². The number of methoxy groups -OCH3 is 1. The van der Waals surface area contributed by atoms with Crippen molar-refractivity contribution in [3.63, 3.8) is 0 Å². The van der Waals surface area contributed by atoms with E-state index in [2.05, 4.69) is 0 Å². The van der Waals surface area contributed by atoms with E-state index in [1.54, 1.807) is 20.1 Å². The summed E-state index contributed by atoms with van der Waals surface area (Å²) in [7, 11) is 1.62. The fraction of sp³-hybridized carbons (Fsp3) is 0.278. The molecule has 0 spiro atoms. The van der Waals surface area contributed by atoms with Crippen LogP contribution in [0.15, 0.2) is 42.5 Å². The molecule has 0 bridgehead atoms. The summed E-state index contributed by atoms with van der Waals surface area (Å²) >= 11 is 0. The number of hydrogen-bond acceptors (Lipinski definition) is 4. The van der Waals surface area contributed by atoms with Crippen molar-refractivity contribution in [2.75, 3.05) is 13.7 Å². The zero-order valence-corrected chi connectivity index (χ0v) is 13.1. The molecule has 0 aliphatic carbocycles. The van der Waals surface area contributed by atoms with Gasteiger partial charge in [0.15, 0.2) is 5.78 Å². The Labute approximate surface area is 130 Å². The van der Waals surface area contributed by atoms with Crippen LogP contribution in [0.2, 0.25) is 0 Å². The molecule has 4 nitrogen and oxygen atoms in total. The molecule has 0 amide bonds. The molecule has 116 valence electrons. The second-order valence-electron chi connectivity index (χ2n) is 4.78. The van der Waals surface area contributed by atoms with Crippen LogP contribution in [0.1, 0.15) is 29.8 Å². The molecule has 0 saturated carbocycles. The first-order valence-corrected chi connectivity index (χ1v) is 7.17. The van der Waals surface area contributed by atoms with Gasteiger partial charge in [0.05, 0.1) is 13.7 Å². The fourth-order valence-electron chi connectivity index (χ4n) is 2.04. The van der Waals surface area contributed by atoms with Gasteiger partial charge in [0.1, 0.15) is 23.9 Å². The molecule has 4 heteroatoms. The average Bonchev–Trinajstić information content (AvgIpc) is 2.54. The van der Waals surface area contributed by atoms with Gasteiger partial charge in [-0.15, -0.1) is 0 Å². The summed E-state index contributed by atoms with van der Waals surface area (Å²) in [6, 6.07) is 12.8. The maximum Gasteiger partial charge on any atom is 0.159 e. The van der Waals surface area contributed by atoms with Crippen molar-refractivity contribution in [1.29, 1.82) is 0 Å². The number of carbonyl (C=O) groups is 1. The zero-order valence-electron chi connectivity index (χ0n) is 13.1. The Morgan fingerprint density at radius 3 is 2.27 bits per heavy atom. The van der Waals surface area contributed by atoms with Crippen molar-refractivity contribution in [3.05, 3.63) is 53.6 Å². The van der Waals surface area contributed by atoms with E-state index < -0.39 is 0 Å². The number of rotatable bonds is 7. The molecule has 2 rings (SSSR count). The molecule has 0 aromatic heterocycles. The van der Waals surface area contributed by atoms with Gasteiger partial charge in [-0.2, -0.15) is 0 Å². The van der Waals surface area contributed by atoms with Gasteiger partial charge in [0.25, 0.3) is 0 Å². The smallest absolute Gasteiger partial charge is 0.159 e. The molecule has 0 heterocycles. The van der Waals surface area contributed by atoms with E-state index in [9.17, 15) is 4.79 Å². The number of Topliss-reactive ketones (excluding diaryl/α,β-unsaturated/α-hetero) is 1. The molecule has 0 aliphatic heterocycles. The van der Waals surface area contributed by atoms with Crippen LogP contribution in [0, 0.1) is 0 Å². The van der Waals surface area contributed by atoms with Gasteiger partial charge in [-0.05, 0) is 56.3 Å². The first kappa shape index (κ1) is 15.9. The Hall–Kier alpha value is -2.49. The van der Waals surface area contributed by atoms with Crippen LogP contribution >= 0.6 is 0 Å². The largest absolute Gasteiger partial charge is 0.497 e. The standard InChI is InChI=1S/C18H20O4/c1-4-21-18-10-5-14(13(2)19)11-15(18)12-22-17-8-6-16(20-3)7-9-17/h5-11H,4,12H2,1-3H3. The monoisotopic (exact) mass is 300 g/mol. The summed E-state index contributed by atoms with van der Waals surface area (Å²) in [4.78, 5) is 11.5. The van der Waals surface area contributed by atoms with Gasteiger partial charge in [0.2, 0.25) is 0 Å². The molecule has 0 fully saturated rings. The van der Waals surface area contributed by atoms with Crippen molar-refractivity contribution >= 4 is 5.78 Å². The lowest BCUT2D eigenvalue weighted by Gasteiger charge is -2.13. The fourth-order valence-corrected chi connectivity index (χ4v) is 2.04. The van der Waals surface area contributed by atoms with Crippen molar-refractivity contribution in [2.24, 2.45) is 0 Å². The molecule has 0 atom stereocenters. The van der Waals surface area contributed by atoms with Gasteiger partial charge in [-0.1, -0.05) is 0 Å². The van der Waals surface area contributed by atoms with Crippen molar-refractivity contribution in [3.8, 4) is 17.2 Å². The average molecular weight is 300 g/mol. The van der Waals surface area contributed by atoms with E-state index in [4.69, 9.17) is 14.2 Å². The zero-order chi connectivity index (χ0) is 15.9. The van der Waals surface area contributed by atoms with E-state index in [1.807, 2.05) is 43.3 Å². The number of carbonyl (C=O) groups excluding carboxylic acids is 1. The molecule has 0 N–H and O–H groups in total. The third kappa shape index (κ3) is 4.01. The summed E-state index contributed by atoms with van der Waals surface area (Å²) in [6.45, 7) is 4.37. The maximum atomic E-state index is 11.5. The molecule has 0 unspecified atom stereocenters. The molecule has 2 aromatic rings. The molecular formula is C18H20O4. The normalized spacial score (nSPS) is 10.1. The predicted octanol–water partition coefficient (Wildman–Crippen LogP) is 3.88. The number of ketones is 1. The molecular weight excluding hydrogens is 280 g/mol. The number of ether oxygens (including phenoxy) is 3. The lowest BCUT2D eigenvalue weighted by Crippen LogP contribution is -2.03. The number of benzene rings is 2. The van der Waals surface area contributed by atoms with Gasteiger partial charge in [-0.3, -0.25) is 4.79 Å². The highest BCUT2D eigenvalue weighted by atomic mass is 16.5. The summed E-state index contributed by atoms with van der Waals surface area (Å²) in [5.74, 6) is 2.27. The minimum absolute atomic E-state index is 0.0220. The lowest BCUT2D eigenvalue weighted by atomic mass is 10.1. The van der Waals surface area contributed by atoms with Crippen LogP contribution in [0.3, 0.4) is 0 Å². The Balaban J connectivity index is 2.15. The highest BCUT2D eigenvalue weighted by Crippen LogP contribution is 2.24. The van der Waals surface area contributed by atoms with E-state index in [0.717, 1.165) is 22.8 Å². The van der Waals surface area contributed by atoms with E-state index in [1.165, 1.54) is 0 Å². The summed E-state index contributed by atoms with van der Waals surface area (Å²) in [5.41, 5.74) is 1.50. The first-order valence-electron chi connectivity index (χ1n) is 7.17. The topological polar surface area (TPSA) is 44.8 Å². The molecule has 2 aromatic carbocycles. The number of hydrogen-bond donors (Lipinski definition) is 0. The SMILES string of the molecule is CCOc1ccc(C(C)=O)cc1COc1ccc(OC)cc1. The predicted molar refractivity (Wildman–Crippen MR) is 84.9 cm³/mol. The summed E-state index contributed by atoms with van der Waals surface area (Å²) in [6.07, 6.45) is 0. The van der Waals surface area contributed by atoms with Crippen LogP contribution in [0.25, 0.3) is 0 Å². The van der Waals surface area contributed by atoms with Crippen LogP contribution < -0.4 is 14.2 Å². The molecule has 0 saturated heterocycles. The first-order chi connectivity index (χ1) is 10.6. The Kier molecular flexibility index (Phi) is 5.42. The second-order valence-corrected chi connectivity index (χ2v) is 4.78. The van der Waals surface area contributed by atoms with Crippen LogP contribution in [0.5, 0.6) is 17.2 Å². The van der Waals surface area contributed by atoms with E-state index in [0.29, 0.717) is 18.8 Å². The Bertz CT molecular complexity index is 632. The van der Waals surface area contributed by atoms with Crippen LogP contribution in [-0.4, -0.2) is 19.5 Å². The molecule has 22 heavy (non-hydrogen) atoms. The lowest BCUT2D eigenvalue weighted by molar-refractivity contribution is 0.101. The van der Waals surface area contributed by atoms with Crippen LogP contribution in [-0.2, 0) is 6.61 Å². The maximum absolute atomic E-state index is 11.5. The van der Waals surface area contributed by atoms with Gasteiger partial charge in [-0.25, -0.2) is 0 Å². The highest BCUT2D eigenvalue weighted by Gasteiger charge is 2.09. The minimum Gasteiger partial charge on any atom is -0.497 e. The van der Waals surface area contributed by atoms with Gasteiger partial charge in [0, 0.05) is 11.1 Å². The van der Waals surface area contributed by atoms with E-state index >= 15 is 0 Å². The van der Waals surface area contributed by atoms with Crippen molar-refractivity contribution in [1.82, 2.24) is 0 Å².